The zero-order chi connectivity index (χ0) is 15.7. The fourth-order valence-electron chi connectivity index (χ4n) is 3.71. The SMILES string of the molecule is COC(=O)[C@@H](C)[C@H](c1ccc2c(c1)OC(C)CCC2)C1CC1. The summed E-state index contributed by atoms with van der Waals surface area (Å²) in [5, 5.41) is 0. The lowest BCUT2D eigenvalue weighted by molar-refractivity contribution is -0.145. The lowest BCUT2D eigenvalue weighted by atomic mass is 9.82. The summed E-state index contributed by atoms with van der Waals surface area (Å²) in [4.78, 5) is 12.0. The summed E-state index contributed by atoms with van der Waals surface area (Å²) in [6, 6.07) is 6.57. The maximum absolute atomic E-state index is 12.0. The van der Waals surface area contributed by atoms with Gasteiger partial charge in [-0.05, 0) is 68.1 Å². The van der Waals surface area contributed by atoms with Crippen LogP contribution in [0.1, 0.15) is 56.6 Å². The maximum Gasteiger partial charge on any atom is 0.309 e. The lowest BCUT2D eigenvalue weighted by Crippen LogP contribution is -2.22. The van der Waals surface area contributed by atoms with Crippen LogP contribution >= 0.6 is 0 Å². The Balaban J connectivity index is 1.90. The van der Waals surface area contributed by atoms with Crippen molar-refractivity contribution in [2.24, 2.45) is 11.8 Å². The molecule has 3 atom stereocenters. The van der Waals surface area contributed by atoms with E-state index in [1.165, 1.54) is 37.5 Å². The number of fused-ring (bicyclic) bond motifs is 1. The molecule has 1 heterocycles. The monoisotopic (exact) mass is 302 g/mol. The van der Waals surface area contributed by atoms with Crippen molar-refractivity contribution in [1.29, 1.82) is 0 Å². The van der Waals surface area contributed by atoms with Crippen molar-refractivity contribution in [1.82, 2.24) is 0 Å². The minimum Gasteiger partial charge on any atom is -0.490 e. The smallest absolute Gasteiger partial charge is 0.309 e. The summed E-state index contributed by atoms with van der Waals surface area (Å²) in [7, 11) is 1.48. The Labute approximate surface area is 133 Å². The van der Waals surface area contributed by atoms with Gasteiger partial charge in [0.05, 0.1) is 19.1 Å². The topological polar surface area (TPSA) is 35.5 Å². The van der Waals surface area contributed by atoms with Crippen molar-refractivity contribution in [3.8, 4) is 5.75 Å². The Morgan fingerprint density at radius 3 is 2.77 bits per heavy atom. The van der Waals surface area contributed by atoms with Gasteiger partial charge in [-0.2, -0.15) is 0 Å². The zero-order valence-corrected chi connectivity index (χ0v) is 13.8. The number of methoxy groups -OCH3 is 1. The molecule has 3 heteroatoms. The Kier molecular flexibility index (Phi) is 4.42. The average molecular weight is 302 g/mol. The third-order valence-electron chi connectivity index (χ3n) is 5.10. The summed E-state index contributed by atoms with van der Waals surface area (Å²) in [6.07, 6.45) is 6.06. The zero-order valence-electron chi connectivity index (χ0n) is 13.8. The van der Waals surface area contributed by atoms with E-state index in [1.807, 2.05) is 6.92 Å². The predicted octanol–water partition coefficient (Wildman–Crippen LogP) is 4.09. The molecular formula is C19H26O3. The van der Waals surface area contributed by atoms with Crippen molar-refractivity contribution in [2.75, 3.05) is 7.11 Å². The summed E-state index contributed by atoms with van der Waals surface area (Å²) < 4.78 is 11.1. The van der Waals surface area contributed by atoms with Gasteiger partial charge in [0.1, 0.15) is 5.75 Å². The van der Waals surface area contributed by atoms with Crippen LogP contribution in [0.5, 0.6) is 5.75 Å². The van der Waals surface area contributed by atoms with E-state index < -0.39 is 0 Å². The van der Waals surface area contributed by atoms with Crippen LogP contribution in [0.15, 0.2) is 18.2 Å². The highest BCUT2D eigenvalue weighted by Crippen LogP contribution is 2.48. The van der Waals surface area contributed by atoms with Crippen molar-refractivity contribution < 1.29 is 14.3 Å². The average Bonchev–Trinajstić information content (AvgIpc) is 3.33. The van der Waals surface area contributed by atoms with Crippen molar-refractivity contribution in [3.63, 3.8) is 0 Å². The van der Waals surface area contributed by atoms with Crippen LogP contribution in [0, 0.1) is 11.8 Å². The summed E-state index contributed by atoms with van der Waals surface area (Å²) in [5.74, 6) is 1.67. The molecule has 1 aromatic carbocycles. The second-order valence-electron chi connectivity index (χ2n) is 6.86. The molecule has 1 aromatic rings. The molecule has 22 heavy (non-hydrogen) atoms. The molecule has 0 bridgehead atoms. The van der Waals surface area contributed by atoms with Gasteiger partial charge in [-0.1, -0.05) is 19.1 Å². The van der Waals surface area contributed by atoms with E-state index in [2.05, 4.69) is 25.1 Å². The standard InChI is InChI=1S/C19H26O3/c1-12-5-4-6-14-7-10-16(11-17(14)22-12)18(15-8-9-15)13(2)19(20)21-3/h7,10-13,15,18H,4-6,8-9H2,1-3H3/t12?,13-,18-/m0/s1. The van der Waals surface area contributed by atoms with Crippen LogP contribution < -0.4 is 4.74 Å². The normalized spacial score (nSPS) is 23.7. The number of carbonyl (C=O) groups is 1. The molecule has 1 aliphatic heterocycles. The van der Waals surface area contributed by atoms with Crippen LogP contribution in [-0.4, -0.2) is 19.2 Å². The van der Waals surface area contributed by atoms with Crippen molar-refractivity contribution in [3.05, 3.63) is 29.3 Å². The second kappa shape index (κ2) is 6.31. The number of hydrogen-bond acceptors (Lipinski definition) is 3. The van der Waals surface area contributed by atoms with E-state index >= 15 is 0 Å². The Morgan fingerprint density at radius 2 is 2.09 bits per heavy atom. The molecule has 0 aromatic heterocycles. The third-order valence-corrected chi connectivity index (χ3v) is 5.10. The van der Waals surface area contributed by atoms with Gasteiger partial charge in [0.2, 0.25) is 0 Å². The number of aryl methyl sites for hydroxylation is 1. The molecule has 0 spiro atoms. The first-order chi connectivity index (χ1) is 10.6. The summed E-state index contributed by atoms with van der Waals surface area (Å²) >= 11 is 0. The van der Waals surface area contributed by atoms with Crippen LogP contribution in [-0.2, 0) is 16.0 Å². The molecule has 0 radical (unpaired) electrons. The summed E-state index contributed by atoms with van der Waals surface area (Å²) in [5.41, 5.74) is 2.53. The minimum atomic E-state index is -0.110. The summed E-state index contributed by atoms with van der Waals surface area (Å²) in [6.45, 7) is 4.13. The van der Waals surface area contributed by atoms with E-state index in [0.29, 0.717) is 5.92 Å². The molecule has 2 aliphatic rings. The first kappa shape index (κ1) is 15.4. The Hall–Kier alpha value is -1.51. The number of esters is 1. The van der Waals surface area contributed by atoms with E-state index in [4.69, 9.17) is 9.47 Å². The van der Waals surface area contributed by atoms with Crippen molar-refractivity contribution in [2.45, 2.75) is 58.0 Å². The van der Waals surface area contributed by atoms with Gasteiger partial charge in [-0.15, -0.1) is 0 Å². The molecule has 120 valence electrons. The first-order valence-electron chi connectivity index (χ1n) is 8.47. The predicted molar refractivity (Wildman–Crippen MR) is 86.1 cm³/mol. The molecule has 3 nitrogen and oxygen atoms in total. The fourth-order valence-corrected chi connectivity index (χ4v) is 3.71. The van der Waals surface area contributed by atoms with E-state index in [9.17, 15) is 4.79 Å². The quantitative estimate of drug-likeness (QED) is 0.786. The lowest BCUT2D eigenvalue weighted by Gasteiger charge is -2.24. The van der Waals surface area contributed by atoms with Gasteiger partial charge in [-0.25, -0.2) is 0 Å². The van der Waals surface area contributed by atoms with Gasteiger partial charge in [-0.3, -0.25) is 4.79 Å². The molecule has 0 saturated heterocycles. The highest BCUT2D eigenvalue weighted by molar-refractivity contribution is 5.73. The highest BCUT2D eigenvalue weighted by Gasteiger charge is 2.39. The fraction of sp³-hybridized carbons (Fsp3) is 0.632. The maximum atomic E-state index is 12.0. The van der Waals surface area contributed by atoms with Crippen LogP contribution in [0.4, 0.5) is 0 Å². The molecule has 1 fully saturated rings. The van der Waals surface area contributed by atoms with Gasteiger partial charge in [0.15, 0.2) is 0 Å². The number of hydrogen-bond donors (Lipinski definition) is 0. The van der Waals surface area contributed by atoms with Crippen LogP contribution in [0.25, 0.3) is 0 Å². The number of carbonyl (C=O) groups excluding carboxylic acids is 1. The highest BCUT2D eigenvalue weighted by atomic mass is 16.5. The third kappa shape index (κ3) is 3.13. The molecule has 1 aliphatic carbocycles. The Bertz CT molecular complexity index is 548. The van der Waals surface area contributed by atoms with Gasteiger partial charge < -0.3 is 9.47 Å². The molecule has 0 N–H and O–H groups in total. The van der Waals surface area contributed by atoms with Gasteiger partial charge in [0, 0.05) is 0 Å². The van der Waals surface area contributed by atoms with Crippen LogP contribution in [0.3, 0.4) is 0 Å². The van der Waals surface area contributed by atoms with E-state index in [0.717, 1.165) is 18.6 Å². The Morgan fingerprint density at radius 1 is 1.32 bits per heavy atom. The number of benzene rings is 1. The molecule has 1 unspecified atom stereocenters. The second-order valence-corrected chi connectivity index (χ2v) is 6.86. The largest absolute Gasteiger partial charge is 0.490 e. The van der Waals surface area contributed by atoms with Crippen LogP contribution in [0.2, 0.25) is 0 Å². The minimum absolute atomic E-state index is 0.0984. The number of ether oxygens (including phenoxy) is 2. The number of rotatable bonds is 4. The molecular weight excluding hydrogens is 276 g/mol. The van der Waals surface area contributed by atoms with Gasteiger partial charge in [0.25, 0.3) is 0 Å². The van der Waals surface area contributed by atoms with E-state index in [-0.39, 0.29) is 23.9 Å². The van der Waals surface area contributed by atoms with E-state index in [1.54, 1.807) is 0 Å². The molecule has 1 saturated carbocycles. The van der Waals surface area contributed by atoms with Gasteiger partial charge >= 0.3 is 5.97 Å². The first-order valence-corrected chi connectivity index (χ1v) is 8.47. The molecule has 0 amide bonds. The molecule has 3 rings (SSSR count). The van der Waals surface area contributed by atoms with Crippen molar-refractivity contribution >= 4 is 5.97 Å².